The Balaban J connectivity index is 0.00000300. The van der Waals surface area contributed by atoms with Crippen molar-refractivity contribution in [1.82, 2.24) is 0 Å². The number of fused-ring (bicyclic) bond motifs is 1. The van der Waals surface area contributed by atoms with Crippen LogP contribution in [0.1, 0.15) is 17.3 Å². The van der Waals surface area contributed by atoms with Crippen molar-refractivity contribution < 1.29 is 97.0 Å². The summed E-state index contributed by atoms with van der Waals surface area (Å²) in [5.41, 5.74) is 2.02. The molecule has 5 rings (SSSR count). The van der Waals surface area contributed by atoms with Gasteiger partial charge in [0.2, 0.25) is 5.91 Å². The number of aromatic carboxylic acids is 1. The molecule has 5 aromatic carbocycles. The Labute approximate surface area is 312 Å². The summed E-state index contributed by atoms with van der Waals surface area (Å²) in [4.78, 5) is 21.8. The fraction of sp³-hybridized carbons (Fsp3) is 0.0323. The SMILES string of the molecule is CC(=O)Nc1ccc2cc(S(=O)(=O)[O-])c(N=Nc3ccc(-c4ccc(N=Nc5ccc(O)c(C(=O)[O-])c5)cc4)cc3)c(O)c2c1.[Na+].[Na+]. The summed E-state index contributed by atoms with van der Waals surface area (Å²) in [6, 6.07) is 22.8. The van der Waals surface area contributed by atoms with Crippen LogP contribution in [-0.2, 0) is 14.9 Å². The number of rotatable bonds is 8. The number of benzene rings is 5. The van der Waals surface area contributed by atoms with E-state index in [2.05, 4.69) is 25.8 Å². The zero-order valence-electron chi connectivity index (χ0n) is 25.2. The van der Waals surface area contributed by atoms with Gasteiger partial charge in [-0.2, -0.15) is 15.3 Å². The number of phenols is 2. The van der Waals surface area contributed by atoms with Crippen LogP contribution in [0.2, 0.25) is 0 Å². The third kappa shape index (κ3) is 9.09. The van der Waals surface area contributed by atoms with Crippen molar-refractivity contribution in [3.8, 4) is 22.6 Å². The van der Waals surface area contributed by atoms with E-state index in [1.54, 1.807) is 48.5 Å². The molecule has 0 heterocycles. The maximum absolute atomic E-state index is 12.0. The second-order valence-corrected chi connectivity index (χ2v) is 11.0. The average Bonchev–Trinajstić information content (AvgIpc) is 3.00. The quantitative estimate of drug-likeness (QED) is 0.116. The molecule has 47 heavy (non-hydrogen) atoms. The van der Waals surface area contributed by atoms with Gasteiger partial charge < -0.3 is 30.0 Å². The Bertz CT molecular complexity index is 2140. The molecule has 0 radical (unpaired) electrons. The van der Waals surface area contributed by atoms with Crippen molar-refractivity contribution in [2.75, 3.05) is 5.32 Å². The van der Waals surface area contributed by atoms with Crippen molar-refractivity contribution >= 4 is 61.2 Å². The Morgan fingerprint density at radius 1 is 0.723 bits per heavy atom. The Hall–Kier alpha value is -3.99. The van der Waals surface area contributed by atoms with Crippen molar-refractivity contribution in [3.63, 3.8) is 0 Å². The number of carboxylic acids is 1. The predicted molar refractivity (Wildman–Crippen MR) is 161 cm³/mol. The molecule has 16 heteroatoms. The van der Waals surface area contributed by atoms with Crippen LogP contribution in [0.15, 0.2) is 116 Å². The molecule has 0 bridgehead atoms. The number of carboxylic acid groups (broad SMARTS) is 1. The monoisotopic (exact) mass is 669 g/mol. The second-order valence-electron chi connectivity index (χ2n) is 9.63. The molecule has 0 saturated carbocycles. The number of hydrogen-bond acceptors (Lipinski definition) is 12. The smallest absolute Gasteiger partial charge is 0.744 e. The number of amides is 1. The minimum absolute atomic E-state index is 0. The minimum Gasteiger partial charge on any atom is -0.744 e. The molecule has 0 saturated heterocycles. The van der Waals surface area contributed by atoms with E-state index < -0.39 is 43.7 Å². The first kappa shape index (κ1) is 37.5. The van der Waals surface area contributed by atoms with Gasteiger partial charge in [-0.25, -0.2) is 8.42 Å². The molecule has 3 N–H and O–H groups in total. The molecule has 0 fully saturated rings. The summed E-state index contributed by atoms with van der Waals surface area (Å²) >= 11 is 0. The largest absolute Gasteiger partial charge is 1.00 e. The van der Waals surface area contributed by atoms with E-state index >= 15 is 0 Å². The summed E-state index contributed by atoms with van der Waals surface area (Å²) in [6.45, 7) is 1.31. The summed E-state index contributed by atoms with van der Waals surface area (Å²) in [5, 5.41) is 50.5. The van der Waals surface area contributed by atoms with Gasteiger partial charge in [0.15, 0.2) is 5.75 Å². The van der Waals surface area contributed by atoms with Gasteiger partial charge in [0.1, 0.15) is 21.6 Å². The maximum atomic E-state index is 12.0. The van der Waals surface area contributed by atoms with E-state index in [0.717, 1.165) is 23.3 Å². The molecular weight excluding hydrogens is 648 g/mol. The van der Waals surface area contributed by atoms with Crippen LogP contribution in [0.25, 0.3) is 21.9 Å². The fourth-order valence-electron chi connectivity index (χ4n) is 4.32. The average molecular weight is 670 g/mol. The van der Waals surface area contributed by atoms with Crippen LogP contribution in [0.4, 0.5) is 28.4 Å². The molecule has 0 spiro atoms. The number of nitrogens with one attached hydrogen (secondary N) is 1. The standard InChI is InChI=1S/C31H23N5O8S.2Na/c1-17(37)32-23-11-6-20-14-28(45(42,43)44)29(30(39)25(20)15-23)36-34-22-9-4-19(5-10-22)18-2-7-21(8-3-18)33-35-24-12-13-27(38)26(16-24)31(40)41;;/h2-16,38-39H,1H3,(H,32,37)(H,40,41)(H,42,43,44);;/q;2*+1/p-2. The molecule has 1 amide bonds. The fourth-order valence-corrected chi connectivity index (χ4v) is 4.97. The molecule has 5 aromatic rings. The Morgan fingerprint density at radius 3 is 1.79 bits per heavy atom. The summed E-state index contributed by atoms with van der Waals surface area (Å²) in [5.74, 6) is -2.90. The molecule has 0 aliphatic heterocycles. The minimum atomic E-state index is -5.04. The Morgan fingerprint density at radius 2 is 1.26 bits per heavy atom. The molecule has 0 aromatic heterocycles. The van der Waals surface area contributed by atoms with Gasteiger partial charge in [0, 0.05) is 23.6 Å². The first-order valence-corrected chi connectivity index (χ1v) is 14.4. The Kier molecular flexibility index (Phi) is 12.5. The molecule has 226 valence electrons. The van der Waals surface area contributed by atoms with E-state index in [1.807, 2.05) is 0 Å². The number of carbonyl (C=O) groups is 2. The predicted octanol–water partition coefficient (Wildman–Crippen LogP) is -0.0172. The van der Waals surface area contributed by atoms with Crippen LogP contribution < -0.4 is 69.5 Å². The molecule has 0 atom stereocenters. The number of nitrogens with zero attached hydrogens (tertiary/aromatic N) is 4. The third-order valence-corrected chi connectivity index (χ3v) is 7.31. The first-order chi connectivity index (χ1) is 21.4. The van der Waals surface area contributed by atoms with Gasteiger partial charge >= 0.3 is 59.1 Å². The summed E-state index contributed by atoms with van der Waals surface area (Å²) < 4.78 is 36.0. The molecule has 0 aliphatic rings. The van der Waals surface area contributed by atoms with Crippen molar-refractivity contribution in [1.29, 1.82) is 0 Å². The van der Waals surface area contributed by atoms with E-state index in [4.69, 9.17) is 0 Å². The van der Waals surface area contributed by atoms with Crippen LogP contribution in [0.5, 0.6) is 11.5 Å². The summed E-state index contributed by atoms with van der Waals surface area (Å²) in [6.07, 6.45) is 0. The number of aromatic hydroxyl groups is 2. The molecule has 0 unspecified atom stereocenters. The molecular formula is C31H21N5Na2O8S. The van der Waals surface area contributed by atoms with Crippen LogP contribution in [-0.4, -0.2) is 35.1 Å². The van der Waals surface area contributed by atoms with Gasteiger partial charge in [-0.1, -0.05) is 30.3 Å². The van der Waals surface area contributed by atoms with Crippen molar-refractivity contribution in [2.45, 2.75) is 11.8 Å². The third-order valence-electron chi connectivity index (χ3n) is 6.46. The topological polar surface area (TPSA) is 216 Å². The number of azo groups is 2. The second kappa shape index (κ2) is 15.7. The number of anilines is 1. The van der Waals surface area contributed by atoms with Gasteiger partial charge in [-0.15, -0.1) is 5.11 Å². The van der Waals surface area contributed by atoms with E-state index in [0.29, 0.717) is 17.1 Å². The van der Waals surface area contributed by atoms with E-state index in [9.17, 15) is 37.9 Å². The number of hydrogen-bond donors (Lipinski definition) is 3. The van der Waals surface area contributed by atoms with Crippen molar-refractivity contribution in [2.24, 2.45) is 20.5 Å². The van der Waals surface area contributed by atoms with Crippen molar-refractivity contribution in [3.05, 3.63) is 96.6 Å². The number of phenolic OH excluding ortho intramolecular Hbond substituents is 1. The molecule has 0 aliphatic carbocycles. The molecule has 13 nitrogen and oxygen atoms in total. The van der Waals surface area contributed by atoms with Crippen LogP contribution in [0.3, 0.4) is 0 Å². The van der Waals surface area contributed by atoms with Gasteiger partial charge in [0.05, 0.1) is 27.9 Å². The van der Waals surface area contributed by atoms with Gasteiger partial charge in [0.25, 0.3) is 0 Å². The van der Waals surface area contributed by atoms with Crippen LogP contribution >= 0.6 is 0 Å². The number of carbonyl (C=O) groups excluding carboxylic acids is 2. The van der Waals surface area contributed by atoms with E-state index in [-0.39, 0.29) is 81.5 Å². The van der Waals surface area contributed by atoms with E-state index in [1.165, 1.54) is 37.3 Å². The van der Waals surface area contributed by atoms with Gasteiger partial charge in [-0.3, -0.25) is 4.79 Å². The summed E-state index contributed by atoms with van der Waals surface area (Å²) in [7, 11) is -5.04. The van der Waals surface area contributed by atoms with Gasteiger partial charge in [-0.05, 0) is 77.2 Å². The van der Waals surface area contributed by atoms with Crippen LogP contribution in [0, 0.1) is 0 Å². The normalized spacial score (nSPS) is 11.3. The zero-order valence-corrected chi connectivity index (χ0v) is 30.0. The zero-order chi connectivity index (χ0) is 32.3. The first-order valence-electron chi connectivity index (χ1n) is 13.0. The maximum Gasteiger partial charge on any atom is 1.00 e.